The molecule has 2 rings (SSSR count). The molecule has 1 aromatic heterocycles. The van der Waals surface area contributed by atoms with Gasteiger partial charge in [-0.3, -0.25) is 0 Å². The molecule has 5 heteroatoms. The number of anilines is 1. The van der Waals surface area contributed by atoms with Gasteiger partial charge in [-0.1, -0.05) is 26.8 Å². The van der Waals surface area contributed by atoms with Crippen LogP contribution in [0.2, 0.25) is 0 Å². The topological polar surface area (TPSA) is 34.4 Å². The van der Waals surface area contributed by atoms with Crippen molar-refractivity contribution in [3.8, 4) is 5.75 Å². The van der Waals surface area contributed by atoms with Crippen molar-refractivity contribution in [1.29, 1.82) is 0 Å². The molecular weight excluding hydrogens is 398 g/mol. The van der Waals surface area contributed by atoms with Crippen LogP contribution in [0.4, 0.5) is 5.69 Å². The van der Waals surface area contributed by atoms with Crippen LogP contribution in [0.3, 0.4) is 0 Å². The summed E-state index contributed by atoms with van der Waals surface area (Å²) in [6, 6.07) is 8.17. The van der Waals surface area contributed by atoms with Crippen LogP contribution in [0.25, 0.3) is 0 Å². The first-order chi connectivity index (χ1) is 9.81. The number of methoxy groups -OCH3 is 1. The Kier molecular flexibility index (Phi) is 5.04. The quantitative estimate of drug-likeness (QED) is 0.691. The lowest BCUT2D eigenvalue weighted by Gasteiger charge is -2.21. The van der Waals surface area contributed by atoms with Crippen LogP contribution < -0.4 is 10.1 Å². The van der Waals surface area contributed by atoms with E-state index in [2.05, 4.69) is 70.1 Å². The van der Waals surface area contributed by atoms with Crippen molar-refractivity contribution in [2.75, 3.05) is 12.4 Å². The Bertz CT molecular complexity index is 610. The fourth-order valence-electron chi connectivity index (χ4n) is 1.97. The minimum Gasteiger partial charge on any atom is -0.495 e. The SMILES string of the molecule is COc1ccc(C(C)(C)C)cc1NCc1cc(Br)c(Br)o1. The first-order valence-corrected chi connectivity index (χ1v) is 8.26. The van der Waals surface area contributed by atoms with Crippen LogP contribution in [0, 0.1) is 0 Å². The number of halogens is 2. The fraction of sp³-hybridized carbons (Fsp3) is 0.375. The van der Waals surface area contributed by atoms with Crippen LogP contribution >= 0.6 is 31.9 Å². The number of rotatable bonds is 4. The van der Waals surface area contributed by atoms with E-state index in [1.807, 2.05) is 12.1 Å². The highest BCUT2D eigenvalue weighted by Gasteiger charge is 2.16. The van der Waals surface area contributed by atoms with Gasteiger partial charge in [0.15, 0.2) is 4.67 Å². The third kappa shape index (κ3) is 4.04. The van der Waals surface area contributed by atoms with E-state index >= 15 is 0 Å². The van der Waals surface area contributed by atoms with Crippen molar-refractivity contribution in [3.63, 3.8) is 0 Å². The van der Waals surface area contributed by atoms with Gasteiger partial charge in [-0.05, 0) is 61.0 Å². The molecule has 0 amide bonds. The summed E-state index contributed by atoms with van der Waals surface area (Å²) in [7, 11) is 1.68. The maximum Gasteiger partial charge on any atom is 0.183 e. The summed E-state index contributed by atoms with van der Waals surface area (Å²) in [5.74, 6) is 1.67. The molecule has 1 heterocycles. The van der Waals surface area contributed by atoms with Crippen molar-refractivity contribution in [2.45, 2.75) is 32.7 Å². The second kappa shape index (κ2) is 6.44. The Labute approximate surface area is 142 Å². The zero-order chi connectivity index (χ0) is 15.6. The van der Waals surface area contributed by atoms with Gasteiger partial charge in [0.2, 0.25) is 0 Å². The van der Waals surface area contributed by atoms with Gasteiger partial charge in [0.05, 0.1) is 23.8 Å². The Morgan fingerprint density at radius 1 is 1.19 bits per heavy atom. The van der Waals surface area contributed by atoms with Gasteiger partial charge in [-0.15, -0.1) is 0 Å². The number of hydrogen-bond donors (Lipinski definition) is 1. The number of ether oxygens (including phenoxy) is 1. The molecule has 0 aliphatic heterocycles. The highest BCUT2D eigenvalue weighted by atomic mass is 79.9. The lowest BCUT2D eigenvalue weighted by molar-refractivity contribution is 0.415. The summed E-state index contributed by atoms with van der Waals surface area (Å²) in [5, 5.41) is 3.37. The van der Waals surface area contributed by atoms with E-state index in [4.69, 9.17) is 9.15 Å². The van der Waals surface area contributed by atoms with E-state index in [1.54, 1.807) is 7.11 Å². The highest BCUT2D eigenvalue weighted by molar-refractivity contribution is 9.13. The largest absolute Gasteiger partial charge is 0.495 e. The standard InChI is InChI=1S/C16H19Br2NO2/c1-16(2,3)10-5-6-14(20-4)13(7-10)19-9-11-8-12(17)15(18)21-11/h5-8,19H,9H2,1-4H3. The Morgan fingerprint density at radius 2 is 1.90 bits per heavy atom. The normalized spacial score (nSPS) is 11.5. The monoisotopic (exact) mass is 415 g/mol. The third-order valence-electron chi connectivity index (χ3n) is 3.21. The van der Waals surface area contributed by atoms with E-state index in [0.29, 0.717) is 11.2 Å². The van der Waals surface area contributed by atoms with E-state index in [-0.39, 0.29) is 5.41 Å². The Morgan fingerprint density at radius 3 is 2.43 bits per heavy atom. The molecule has 0 aliphatic carbocycles. The molecule has 114 valence electrons. The first kappa shape index (κ1) is 16.4. The number of furan rings is 1. The maximum absolute atomic E-state index is 5.57. The zero-order valence-corrected chi connectivity index (χ0v) is 15.8. The first-order valence-electron chi connectivity index (χ1n) is 6.67. The van der Waals surface area contributed by atoms with Crippen molar-refractivity contribution < 1.29 is 9.15 Å². The van der Waals surface area contributed by atoms with E-state index < -0.39 is 0 Å². The second-order valence-electron chi connectivity index (χ2n) is 5.85. The van der Waals surface area contributed by atoms with Crippen molar-refractivity contribution >= 4 is 37.5 Å². The van der Waals surface area contributed by atoms with Gasteiger partial charge in [0.1, 0.15) is 11.5 Å². The molecular formula is C16H19Br2NO2. The summed E-state index contributed by atoms with van der Waals surface area (Å²) in [6.45, 7) is 7.17. The molecule has 0 saturated heterocycles. The van der Waals surface area contributed by atoms with Gasteiger partial charge in [-0.2, -0.15) is 0 Å². The minimum absolute atomic E-state index is 0.0967. The minimum atomic E-state index is 0.0967. The molecule has 0 spiro atoms. The lowest BCUT2D eigenvalue weighted by Crippen LogP contribution is -2.12. The van der Waals surface area contributed by atoms with Gasteiger partial charge >= 0.3 is 0 Å². The molecule has 0 bridgehead atoms. The average Bonchev–Trinajstić information content (AvgIpc) is 2.74. The van der Waals surface area contributed by atoms with E-state index in [0.717, 1.165) is 21.7 Å². The van der Waals surface area contributed by atoms with Crippen molar-refractivity contribution in [2.24, 2.45) is 0 Å². The number of benzene rings is 1. The molecule has 0 fully saturated rings. The summed E-state index contributed by atoms with van der Waals surface area (Å²) >= 11 is 6.76. The molecule has 21 heavy (non-hydrogen) atoms. The predicted octanol–water partition coefficient (Wildman–Crippen LogP) is 5.72. The molecule has 3 nitrogen and oxygen atoms in total. The maximum atomic E-state index is 5.57. The number of hydrogen-bond acceptors (Lipinski definition) is 3. The van der Waals surface area contributed by atoms with Crippen LogP contribution in [0.1, 0.15) is 32.1 Å². The average molecular weight is 417 g/mol. The van der Waals surface area contributed by atoms with Crippen LogP contribution in [-0.2, 0) is 12.0 Å². The molecule has 0 radical (unpaired) electrons. The molecule has 1 N–H and O–H groups in total. The third-order valence-corrected chi connectivity index (χ3v) is 4.92. The molecule has 0 aliphatic rings. The summed E-state index contributed by atoms with van der Waals surface area (Å²) < 4.78 is 12.6. The molecule has 0 saturated carbocycles. The smallest absolute Gasteiger partial charge is 0.183 e. The molecule has 0 unspecified atom stereocenters. The molecule has 0 atom stereocenters. The van der Waals surface area contributed by atoms with E-state index in [9.17, 15) is 0 Å². The second-order valence-corrected chi connectivity index (χ2v) is 7.43. The van der Waals surface area contributed by atoms with Crippen LogP contribution in [0.5, 0.6) is 5.75 Å². The Balaban J connectivity index is 2.21. The van der Waals surface area contributed by atoms with E-state index in [1.165, 1.54) is 5.56 Å². The predicted molar refractivity (Wildman–Crippen MR) is 93.1 cm³/mol. The van der Waals surface area contributed by atoms with Crippen molar-refractivity contribution in [3.05, 3.63) is 44.7 Å². The van der Waals surface area contributed by atoms with Gasteiger partial charge in [-0.25, -0.2) is 0 Å². The van der Waals surface area contributed by atoms with Crippen LogP contribution in [0.15, 0.2) is 37.8 Å². The zero-order valence-electron chi connectivity index (χ0n) is 12.6. The van der Waals surface area contributed by atoms with Gasteiger partial charge < -0.3 is 14.5 Å². The highest BCUT2D eigenvalue weighted by Crippen LogP contribution is 2.32. The lowest BCUT2D eigenvalue weighted by atomic mass is 9.87. The number of nitrogens with one attached hydrogen (secondary N) is 1. The molecule has 2 aromatic rings. The van der Waals surface area contributed by atoms with Gasteiger partial charge in [0, 0.05) is 0 Å². The Hall–Kier alpha value is -0.940. The van der Waals surface area contributed by atoms with Crippen LogP contribution in [-0.4, -0.2) is 7.11 Å². The summed E-state index contributed by atoms with van der Waals surface area (Å²) in [5.41, 5.74) is 2.32. The molecule has 1 aromatic carbocycles. The van der Waals surface area contributed by atoms with Gasteiger partial charge in [0.25, 0.3) is 0 Å². The fourth-order valence-corrected chi connectivity index (χ4v) is 2.63. The van der Waals surface area contributed by atoms with Crippen molar-refractivity contribution in [1.82, 2.24) is 0 Å². The summed E-state index contributed by atoms with van der Waals surface area (Å²) in [4.78, 5) is 0. The summed E-state index contributed by atoms with van der Waals surface area (Å²) in [6.07, 6.45) is 0.